The van der Waals surface area contributed by atoms with E-state index in [9.17, 15) is 4.79 Å². The first-order valence-electron chi connectivity index (χ1n) is 8.56. The van der Waals surface area contributed by atoms with Crippen molar-refractivity contribution in [3.8, 4) is 12.0 Å². The monoisotopic (exact) mass is 336 g/mol. The molecule has 0 spiro atoms. The standard InChI is InChI=1S/C17H28N4O3/c1-5-7-9-20-13-11-18(3)15(20)23-17(22)24-16-19(4)12-14-21(16)10-8-6-2/h11-14H,5-10H2,1-4H3/q+2. The molecule has 0 saturated heterocycles. The van der Waals surface area contributed by atoms with Crippen LogP contribution in [0.3, 0.4) is 0 Å². The number of aromatic nitrogens is 4. The Hall–Kier alpha value is -2.31. The molecule has 2 heterocycles. The highest BCUT2D eigenvalue weighted by atomic mass is 16.7. The molecule has 0 aliphatic carbocycles. The summed E-state index contributed by atoms with van der Waals surface area (Å²) in [5.41, 5.74) is 0. The highest BCUT2D eigenvalue weighted by Gasteiger charge is 2.26. The fraction of sp³-hybridized carbons (Fsp3) is 0.588. The summed E-state index contributed by atoms with van der Waals surface area (Å²) in [6, 6.07) is 0.950. The maximum atomic E-state index is 12.2. The van der Waals surface area contributed by atoms with Gasteiger partial charge in [0, 0.05) is 0 Å². The molecule has 0 fully saturated rings. The Balaban J connectivity index is 2.06. The van der Waals surface area contributed by atoms with Crippen molar-refractivity contribution >= 4 is 6.16 Å². The van der Waals surface area contributed by atoms with Gasteiger partial charge < -0.3 is 9.47 Å². The first-order valence-corrected chi connectivity index (χ1v) is 8.56. The Bertz CT molecular complexity index is 619. The average Bonchev–Trinajstić information content (AvgIpc) is 3.08. The molecule has 0 N–H and O–H groups in total. The van der Waals surface area contributed by atoms with E-state index in [0.29, 0.717) is 12.0 Å². The molecule has 0 amide bonds. The van der Waals surface area contributed by atoms with Crippen LogP contribution in [0.4, 0.5) is 4.79 Å². The van der Waals surface area contributed by atoms with Crippen molar-refractivity contribution < 1.29 is 23.4 Å². The van der Waals surface area contributed by atoms with E-state index in [0.717, 1.165) is 38.8 Å². The van der Waals surface area contributed by atoms with Gasteiger partial charge in [-0.05, 0) is 12.8 Å². The number of hydrogen-bond donors (Lipinski definition) is 0. The van der Waals surface area contributed by atoms with Crippen molar-refractivity contribution in [2.24, 2.45) is 14.1 Å². The molecule has 0 atom stereocenters. The number of hydrogen-bond acceptors (Lipinski definition) is 3. The number of nitrogens with zero attached hydrogens (tertiary/aromatic N) is 4. The number of ether oxygens (including phenoxy) is 2. The Morgan fingerprint density at radius 1 is 0.917 bits per heavy atom. The van der Waals surface area contributed by atoms with Crippen LogP contribution in [0.2, 0.25) is 0 Å². The van der Waals surface area contributed by atoms with Gasteiger partial charge in [-0.15, -0.1) is 0 Å². The minimum atomic E-state index is -0.728. The second-order valence-electron chi connectivity index (χ2n) is 5.93. The first-order chi connectivity index (χ1) is 11.6. The van der Waals surface area contributed by atoms with Gasteiger partial charge >= 0.3 is 18.2 Å². The van der Waals surface area contributed by atoms with Crippen molar-refractivity contribution in [3.63, 3.8) is 0 Å². The molecule has 0 saturated carbocycles. The van der Waals surface area contributed by atoms with E-state index in [1.165, 1.54) is 0 Å². The van der Waals surface area contributed by atoms with Crippen molar-refractivity contribution in [2.45, 2.75) is 52.6 Å². The molecule has 0 bridgehead atoms. The molecule has 0 aliphatic rings. The molecular weight excluding hydrogens is 308 g/mol. The predicted molar refractivity (Wildman–Crippen MR) is 87.7 cm³/mol. The van der Waals surface area contributed by atoms with Gasteiger partial charge in [-0.25, -0.2) is 4.79 Å². The SMILES string of the molecule is CCCCn1cc[n+](C)c1OC(=O)Oc1n(CCCC)cc[n+]1C. The van der Waals surface area contributed by atoms with Crippen molar-refractivity contribution in [3.05, 3.63) is 24.8 Å². The van der Waals surface area contributed by atoms with Crippen LogP contribution in [-0.2, 0) is 27.2 Å². The minimum absolute atomic E-state index is 0.475. The molecule has 0 radical (unpaired) electrons. The topological polar surface area (TPSA) is 53.2 Å². The molecule has 2 aromatic heterocycles. The maximum absolute atomic E-state index is 12.2. The van der Waals surface area contributed by atoms with Crippen LogP contribution in [-0.4, -0.2) is 15.3 Å². The van der Waals surface area contributed by atoms with E-state index in [-0.39, 0.29) is 0 Å². The Morgan fingerprint density at radius 2 is 1.33 bits per heavy atom. The molecular formula is C17H28N4O3+2. The lowest BCUT2D eigenvalue weighted by atomic mass is 10.3. The van der Waals surface area contributed by atoms with Crippen LogP contribution < -0.4 is 18.6 Å². The number of unbranched alkanes of at least 4 members (excludes halogenated alkanes) is 2. The molecule has 7 nitrogen and oxygen atoms in total. The zero-order valence-electron chi connectivity index (χ0n) is 15.1. The van der Waals surface area contributed by atoms with Gasteiger partial charge in [0.15, 0.2) is 0 Å². The zero-order valence-corrected chi connectivity index (χ0v) is 15.1. The summed E-state index contributed by atoms with van der Waals surface area (Å²) in [7, 11) is 3.68. The molecule has 7 heteroatoms. The summed E-state index contributed by atoms with van der Waals surface area (Å²) in [6.45, 7) is 5.87. The lowest BCUT2D eigenvalue weighted by molar-refractivity contribution is -0.677. The van der Waals surface area contributed by atoms with E-state index in [4.69, 9.17) is 9.47 Å². The quantitative estimate of drug-likeness (QED) is 0.548. The molecule has 0 aliphatic heterocycles. The number of aryl methyl sites for hydroxylation is 4. The Morgan fingerprint density at radius 3 is 1.71 bits per heavy atom. The number of rotatable bonds is 8. The van der Waals surface area contributed by atoms with Gasteiger partial charge in [-0.1, -0.05) is 26.7 Å². The number of imidazole rings is 2. The Labute approximate surface area is 143 Å². The van der Waals surface area contributed by atoms with E-state index < -0.39 is 6.16 Å². The van der Waals surface area contributed by atoms with Gasteiger partial charge in [0.05, 0.1) is 27.2 Å². The van der Waals surface area contributed by atoms with Crippen LogP contribution in [0, 0.1) is 0 Å². The highest BCUT2D eigenvalue weighted by Crippen LogP contribution is 2.11. The van der Waals surface area contributed by atoms with E-state index in [1.807, 2.05) is 48.0 Å². The number of carbonyl (C=O) groups is 1. The van der Waals surface area contributed by atoms with Crippen molar-refractivity contribution in [1.29, 1.82) is 0 Å². The molecule has 0 unspecified atom stereocenters. The van der Waals surface area contributed by atoms with Gasteiger partial charge in [-0.2, -0.15) is 18.3 Å². The van der Waals surface area contributed by atoms with E-state index >= 15 is 0 Å². The second kappa shape index (κ2) is 8.52. The summed E-state index contributed by atoms with van der Waals surface area (Å²) >= 11 is 0. The normalized spacial score (nSPS) is 10.8. The smallest absolute Gasteiger partial charge is 0.323 e. The van der Waals surface area contributed by atoms with Crippen molar-refractivity contribution in [2.75, 3.05) is 0 Å². The molecule has 24 heavy (non-hydrogen) atoms. The fourth-order valence-electron chi connectivity index (χ4n) is 2.45. The first kappa shape index (κ1) is 18.0. The number of carbonyl (C=O) groups excluding carboxylic acids is 1. The zero-order chi connectivity index (χ0) is 17.5. The predicted octanol–water partition coefficient (Wildman–Crippen LogP) is 2.12. The lowest BCUT2D eigenvalue weighted by Crippen LogP contribution is -2.35. The lowest BCUT2D eigenvalue weighted by Gasteiger charge is -2.04. The van der Waals surface area contributed by atoms with Gasteiger partial charge in [0.2, 0.25) is 0 Å². The average molecular weight is 336 g/mol. The summed E-state index contributed by atoms with van der Waals surface area (Å²) in [4.78, 5) is 12.2. The third-order valence-corrected chi connectivity index (χ3v) is 3.89. The second-order valence-corrected chi connectivity index (χ2v) is 5.93. The molecule has 132 valence electrons. The van der Waals surface area contributed by atoms with Crippen LogP contribution in [0.15, 0.2) is 24.8 Å². The van der Waals surface area contributed by atoms with Crippen molar-refractivity contribution in [1.82, 2.24) is 9.13 Å². The third-order valence-electron chi connectivity index (χ3n) is 3.89. The van der Waals surface area contributed by atoms with E-state index in [1.54, 1.807) is 9.13 Å². The summed E-state index contributed by atoms with van der Waals surface area (Å²) in [5, 5.41) is 0. The highest BCUT2D eigenvalue weighted by molar-refractivity contribution is 5.64. The van der Waals surface area contributed by atoms with Crippen LogP contribution in [0.1, 0.15) is 39.5 Å². The summed E-state index contributed by atoms with van der Waals surface area (Å²) in [6.07, 6.45) is 11.0. The largest absolute Gasteiger partial charge is 0.530 e. The van der Waals surface area contributed by atoms with Gasteiger partial charge in [0.25, 0.3) is 0 Å². The Kier molecular flexibility index (Phi) is 6.40. The fourth-order valence-corrected chi connectivity index (χ4v) is 2.45. The van der Waals surface area contributed by atoms with Gasteiger partial charge in [-0.3, -0.25) is 0 Å². The molecule has 2 aromatic rings. The maximum Gasteiger partial charge on any atom is 0.530 e. The van der Waals surface area contributed by atoms with Crippen LogP contribution in [0.25, 0.3) is 0 Å². The van der Waals surface area contributed by atoms with E-state index in [2.05, 4.69) is 13.8 Å². The van der Waals surface area contributed by atoms with Crippen LogP contribution >= 0.6 is 0 Å². The van der Waals surface area contributed by atoms with Gasteiger partial charge in [0.1, 0.15) is 24.8 Å². The van der Waals surface area contributed by atoms with Crippen LogP contribution in [0.5, 0.6) is 12.0 Å². The molecule has 0 aromatic carbocycles. The summed E-state index contributed by atoms with van der Waals surface area (Å²) < 4.78 is 18.3. The molecule has 2 rings (SSSR count). The third kappa shape index (κ3) is 4.37. The minimum Gasteiger partial charge on any atom is -0.323 e. The summed E-state index contributed by atoms with van der Waals surface area (Å²) in [5.74, 6) is 0.